The molecule has 0 aliphatic heterocycles. The molecule has 2 aromatic carbocycles. The molecule has 0 unspecified atom stereocenters. The first-order valence-corrected chi connectivity index (χ1v) is 13.3. The maximum Gasteiger partial charge on any atom is 0.336 e. The molecule has 7 nitrogen and oxygen atoms in total. The number of thiol groups is 1. The van der Waals surface area contributed by atoms with Crippen LogP contribution in [-0.2, 0) is 24.3 Å². The van der Waals surface area contributed by atoms with Crippen molar-refractivity contribution in [2.24, 2.45) is 5.92 Å². The van der Waals surface area contributed by atoms with E-state index in [0.717, 1.165) is 28.9 Å². The summed E-state index contributed by atoms with van der Waals surface area (Å²) in [5.74, 6) is -0.666. The van der Waals surface area contributed by atoms with Crippen LogP contribution in [0.25, 0.3) is 11.1 Å². The lowest BCUT2D eigenvalue weighted by atomic mass is 9.99. The van der Waals surface area contributed by atoms with Gasteiger partial charge < -0.3 is 15.2 Å². The van der Waals surface area contributed by atoms with Gasteiger partial charge in [0.15, 0.2) is 0 Å². The Bertz CT molecular complexity index is 1200. The van der Waals surface area contributed by atoms with Gasteiger partial charge in [0.05, 0.1) is 41.9 Å². The quantitative estimate of drug-likeness (QED) is 0.253. The van der Waals surface area contributed by atoms with Crippen LogP contribution in [0.15, 0.2) is 48.5 Å². The van der Waals surface area contributed by atoms with Crippen molar-refractivity contribution in [3.63, 3.8) is 0 Å². The number of hydrogen-bond acceptors (Lipinski definition) is 5. The van der Waals surface area contributed by atoms with Crippen molar-refractivity contribution < 1.29 is 19.4 Å². The summed E-state index contributed by atoms with van der Waals surface area (Å²) in [6, 6.07) is 15.3. The summed E-state index contributed by atoms with van der Waals surface area (Å²) in [6.07, 6.45) is 2.27. The molecule has 0 saturated carbocycles. The maximum atomic E-state index is 12.7. The molecule has 0 saturated heterocycles. The monoisotopic (exact) mass is 523 g/mol. The number of aromatic nitrogens is 2. The molecule has 37 heavy (non-hydrogen) atoms. The van der Waals surface area contributed by atoms with Crippen LogP contribution in [0.1, 0.15) is 67.8 Å². The van der Waals surface area contributed by atoms with Crippen molar-refractivity contribution in [2.45, 2.75) is 65.3 Å². The fourth-order valence-electron chi connectivity index (χ4n) is 4.19. The SMILES string of the molecule is CCCOc1nc(CC)c(CNC(=O)[C@@H](S)CC(C)C)n1Cc1ccc(-c2ccccc2C(=O)O)cc1. The van der Waals surface area contributed by atoms with E-state index in [9.17, 15) is 14.7 Å². The highest BCUT2D eigenvalue weighted by atomic mass is 32.1. The van der Waals surface area contributed by atoms with Gasteiger partial charge in [0.2, 0.25) is 5.91 Å². The van der Waals surface area contributed by atoms with E-state index >= 15 is 0 Å². The van der Waals surface area contributed by atoms with Crippen molar-refractivity contribution >= 4 is 24.5 Å². The smallest absolute Gasteiger partial charge is 0.336 e. The van der Waals surface area contributed by atoms with E-state index in [1.807, 2.05) is 54.8 Å². The molecule has 3 rings (SSSR count). The second-order valence-corrected chi connectivity index (χ2v) is 10.1. The number of benzene rings is 2. The van der Waals surface area contributed by atoms with Crippen molar-refractivity contribution in [1.82, 2.24) is 14.9 Å². The number of carbonyl (C=O) groups is 2. The van der Waals surface area contributed by atoms with Gasteiger partial charge in [0, 0.05) is 0 Å². The average molecular weight is 524 g/mol. The van der Waals surface area contributed by atoms with Crippen molar-refractivity contribution in [2.75, 3.05) is 6.61 Å². The molecule has 1 atom stereocenters. The Morgan fingerprint density at radius 1 is 1.11 bits per heavy atom. The summed E-state index contributed by atoms with van der Waals surface area (Å²) in [7, 11) is 0. The molecule has 198 valence electrons. The van der Waals surface area contributed by atoms with Gasteiger partial charge in [-0.15, -0.1) is 0 Å². The number of carbonyl (C=O) groups excluding carboxylic acids is 1. The number of carboxylic acids is 1. The van der Waals surface area contributed by atoms with Crippen LogP contribution in [0.5, 0.6) is 6.01 Å². The van der Waals surface area contributed by atoms with Gasteiger partial charge >= 0.3 is 5.97 Å². The fourth-order valence-corrected chi connectivity index (χ4v) is 4.71. The highest BCUT2D eigenvalue weighted by Crippen LogP contribution is 2.26. The molecule has 3 aromatic rings. The van der Waals surface area contributed by atoms with Crippen LogP contribution in [-0.4, -0.2) is 38.4 Å². The van der Waals surface area contributed by atoms with Crippen molar-refractivity contribution in [3.8, 4) is 17.1 Å². The molecular weight excluding hydrogens is 486 g/mol. The minimum Gasteiger partial charge on any atom is -0.478 e. The summed E-state index contributed by atoms with van der Waals surface area (Å²) in [5, 5.41) is 12.2. The molecule has 0 spiro atoms. The van der Waals surface area contributed by atoms with Crippen molar-refractivity contribution in [3.05, 3.63) is 71.0 Å². The maximum absolute atomic E-state index is 12.7. The van der Waals surface area contributed by atoms with Crippen LogP contribution >= 0.6 is 12.6 Å². The first-order chi connectivity index (χ1) is 17.7. The van der Waals surface area contributed by atoms with Crippen LogP contribution < -0.4 is 10.1 Å². The molecule has 2 N–H and O–H groups in total. The molecule has 0 aliphatic carbocycles. The number of amides is 1. The summed E-state index contributed by atoms with van der Waals surface area (Å²) >= 11 is 4.48. The highest BCUT2D eigenvalue weighted by Gasteiger charge is 2.21. The topological polar surface area (TPSA) is 93.5 Å². The second kappa shape index (κ2) is 13.3. The molecule has 0 radical (unpaired) electrons. The normalized spacial score (nSPS) is 11.9. The van der Waals surface area contributed by atoms with E-state index in [2.05, 4.69) is 31.8 Å². The zero-order chi connectivity index (χ0) is 26.9. The van der Waals surface area contributed by atoms with Crippen LogP contribution in [0.3, 0.4) is 0 Å². The number of hydrogen-bond donors (Lipinski definition) is 3. The third-order valence-corrected chi connectivity index (χ3v) is 6.53. The van der Waals surface area contributed by atoms with E-state index in [1.54, 1.807) is 12.1 Å². The molecule has 0 fully saturated rings. The fraction of sp³-hybridized carbons (Fsp3) is 0.414. The van der Waals surface area contributed by atoms with Crippen molar-refractivity contribution in [1.29, 1.82) is 0 Å². The van der Waals surface area contributed by atoms with Crippen LogP contribution in [0.4, 0.5) is 0 Å². The lowest BCUT2D eigenvalue weighted by molar-refractivity contribution is -0.121. The zero-order valence-corrected chi connectivity index (χ0v) is 22.9. The minimum atomic E-state index is -0.952. The third-order valence-electron chi connectivity index (χ3n) is 6.08. The van der Waals surface area contributed by atoms with Gasteiger partial charge in [-0.2, -0.15) is 17.6 Å². The van der Waals surface area contributed by atoms with Gasteiger partial charge in [-0.25, -0.2) is 4.79 Å². The number of ether oxygens (including phenoxy) is 1. The van der Waals surface area contributed by atoms with Gasteiger partial charge in [-0.1, -0.05) is 70.2 Å². The zero-order valence-electron chi connectivity index (χ0n) is 22.0. The van der Waals surface area contributed by atoms with E-state index in [1.165, 1.54) is 0 Å². The van der Waals surface area contributed by atoms with E-state index < -0.39 is 5.97 Å². The standard InChI is InChI=1S/C29H37N3O4S/c1-5-15-36-29-31-24(6-2)25(17-30-27(33)26(37)16-19(3)4)32(29)18-20-11-13-21(14-12-20)22-9-7-8-10-23(22)28(34)35/h7-14,19,26,37H,5-6,15-18H2,1-4H3,(H,30,33)(H,34,35)/t26-/m0/s1. The highest BCUT2D eigenvalue weighted by molar-refractivity contribution is 7.81. The number of aryl methyl sites for hydroxylation is 1. The molecule has 1 amide bonds. The van der Waals surface area contributed by atoms with Gasteiger partial charge in [-0.05, 0) is 47.9 Å². The van der Waals surface area contributed by atoms with Gasteiger partial charge in [0.25, 0.3) is 6.01 Å². The Hall–Kier alpha value is -3.26. The number of imidazole rings is 1. The Labute approximate surface area is 224 Å². The van der Waals surface area contributed by atoms with Crippen LogP contribution in [0.2, 0.25) is 0 Å². The number of nitrogens with zero attached hydrogens (tertiary/aromatic N) is 2. The lowest BCUT2D eigenvalue weighted by Gasteiger charge is -2.16. The molecule has 1 heterocycles. The van der Waals surface area contributed by atoms with Crippen LogP contribution in [0, 0.1) is 5.92 Å². The lowest BCUT2D eigenvalue weighted by Crippen LogP contribution is -2.32. The van der Waals surface area contributed by atoms with Gasteiger partial charge in [0.1, 0.15) is 0 Å². The predicted molar refractivity (Wildman–Crippen MR) is 149 cm³/mol. The summed E-state index contributed by atoms with van der Waals surface area (Å²) in [6.45, 7) is 9.62. The summed E-state index contributed by atoms with van der Waals surface area (Å²) in [5.41, 5.74) is 4.59. The average Bonchev–Trinajstić information content (AvgIpc) is 3.21. The number of nitrogens with one attached hydrogen (secondary N) is 1. The largest absolute Gasteiger partial charge is 0.478 e. The molecular formula is C29H37N3O4S. The molecule has 8 heteroatoms. The van der Waals surface area contributed by atoms with E-state index in [0.29, 0.717) is 50.0 Å². The molecule has 1 aromatic heterocycles. The van der Waals surface area contributed by atoms with Gasteiger partial charge in [-0.3, -0.25) is 9.36 Å². The first-order valence-electron chi connectivity index (χ1n) is 12.8. The summed E-state index contributed by atoms with van der Waals surface area (Å²) < 4.78 is 8.00. The molecule has 0 aliphatic rings. The first kappa shape index (κ1) is 28.3. The number of aromatic carboxylic acids is 1. The van der Waals surface area contributed by atoms with E-state index in [-0.39, 0.29) is 16.7 Å². The predicted octanol–water partition coefficient (Wildman–Crippen LogP) is 5.61. The summed E-state index contributed by atoms with van der Waals surface area (Å²) in [4.78, 5) is 29.0. The second-order valence-electron chi connectivity index (χ2n) is 9.49. The molecule has 0 bridgehead atoms. The Morgan fingerprint density at radius 2 is 1.81 bits per heavy atom. The Morgan fingerprint density at radius 3 is 2.43 bits per heavy atom. The third kappa shape index (κ3) is 7.38. The number of carboxylic acid groups (broad SMARTS) is 1. The van der Waals surface area contributed by atoms with E-state index in [4.69, 9.17) is 9.72 Å². The Balaban J connectivity index is 1.88. The minimum absolute atomic E-state index is 0.0932. The Kier molecular flexibility index (Phi) is 10.2. The number of rotatable bonds is 13.